The van der Waals surface area contributed by atoms with Crippen LogP contribution in [0, 0.1) is 0 Å². The lowest BCUT2D eigenvalue weighted by Crippen LogP contribution is -2.35. The Balaban J connectivity index is 3.95. The molecule has 0 saturated carbocycles. The zero-order valence-electron chi connectivity index (χ0n) is 3.79. The van der Waals surface area contributed by atoms with E-state index in [-0.39, 0.29) is 5.62 Å². The smallest absolute Gasteiger partial charge is 0.283 e. The summed E-state index contributed by atoms with van der Waals surface area (Å²) in [5.74, 6) is 0. The van der Waals surface area contributed by atoms with Crippen LogP contribution in [0.4, 0.5) is 0 Å². The van der Waals surface area contributed by atoms with Gasteiger partial charge in [0, 0.05) is 0 Å². The quantitative estimate of drug-likeness (QED) is 0.258. The Morgan fingerprint density at radius 2 is 2.00 bits per heavy atom. The van der Waals surface area contributed by atoms with Crippen LogP contribution in [0.2, 0.25) is 0 Å². The lowest BCUT2D eigenvalue weighted by atomic mass is 10.5. The molecule has 0 aromatic carbocycles. The van der Waals surface area contributed by atoms with Crippen LogP contribution >= 0.6 is 0 Å². The molecule has 0 spiro atoms. The molecule has 0 atom stereocenters. The van der Waals surface area contributed by atoms with E-state index in [9.17, 15) is 13.2 Å². The summed E-state index contributed by atoms with van der Waals surface area (Å²) in [5, 5.41) is 1.59. The molecule has 0 fully saturated rings. The van der Waals surface area contributed by atoms with Crippen molar-refractivity contribution in [3.05, 3.63) is 0 Å². The summed E-state index contributed by atoms with van der Waals surface area (Å²) in [7, 11) is 0.655. The van der Waals surface area contributed by atoms with E-state index in [1.807, 2.05) is 0 Å². The lowest BCUT2D eigenvalue weighted by molar-refractivity contribution is 0.551. The number of carbonyl (C=O) groups excluding carboxylic acids is 1. The predicted octanol–water partition coefficient (Wildman–Crippen LogP) is -2.32. The number of hydrazine groups is 1. The molecule has 0 unspecified atom stereocenters. The molecule has 2 N–H and O–H groups in total. The van der Waals surface area contributed by atoms with Crippen LogP contribution in [-0.4, -0.2) is 22.0 Å². The highest BCUT2D eigenvalue weighted by atomic mass is 32.2. The fraction of sp³-hybridized carbons (Fsp3) is 0. The van der Waals surface area contributed by atoms with E-state index in [2.05, 4.69) is 7.98 Å². The minimum atomic E-state index is -3.84. The van der Waals surface area contributed by atoms with Crippen LogP contribution in [0.5, 0.6) is 0 Å². The largest absolute Gasteiger partial charge is 0.297 e. The molecule has 0 bridgehead atoms. The van der Waals surface area contributed by atoms with Crippen LogP contribution in [0.1, 0.15) is 0 Å². The molecule has 0 rings (SSSR count). The Bertz CT molecular complexity index is 162. The first-order valence-corrected chi connectivity index (χ1v) is 3.09. The monoisotopic (exact) mass is 134 g/mol. The van der Waals surface area contributed by atoms with Crippen molar-refractivity contribution in [3.63, 3.8) is 0 Å². The molecule has 0 aliphatic rings. The Morgan fingerprint density at radius 3 is 2.12 bits per heavy atom. The molecular formula is CH3BN2O3S. The molecule has 0 aromatic heterocycles. The summed E-state index contributed by atoms with van der Waals surface area (Å²) in [4.78, 5) is 11.0. The van der Waals surface area contributed by atoms with Gasteiger partial charge < -0.3 is 0 Å². The zero-order valence-corrected chi connectivity index (χ0v) is 4.60. The summed E-state index contributed by atoms with van der Waals surface area (Å²) in [6.07, 6.45) is 0. The van der Waals surface area contributed by atoms with Gasteiger partial charge in [0.1, 0.15) is 0 Å². The van der Waals surface area contributed by atoms with E-state index >= 15 is 0 Å². The number of hydrogen-bond donors (Lipinski definition) is 2. The molecule has 8 heavy (non-hydrogen) atoms. The second-order valence-corrected chi connectivity index (χ2v) is 2.37. The third-order valence-corrected chi connectivity index (χ3v) is 0.984. The Hall–Kier alpha value is -0.395. The molecule has 0 aliphatic carbocycles. The molecule has 5 nitrogen and oxygen atoms in total. The predicted molar refractivity (Wildman–Crippen MR) is 27.7 cm³/mol. The number of nitrogens with one attached hydrogen (secondary N) is 2. The second kappa shape index (κ2) is 2.80. The van der Waals surface area contributed by atoms with E-state index in [0.29, 0.717) is 0 Å². The van der Waals surface area contributed by atoms with Gasteiger partial charge in [0.25, 0.3) is 10.0 Å². The first kappa shape index (κ1) is 7.60. The van der Waals surface area contributed by atoms with Crippen molar-refractivity contribution >= 4 is 23.6 Å². The highest BCUT2D eigenvalue weighted by molar-refractivity contribution is 8.02. The standard InChI is InChI=1S/CH3BN2O3S/c2-3-4-8(6,7)1-5/h1,3-4H. The summed E-state index contributed by atoms with van der Waals surface area (Å²) < 4.78 is 20.0. The topological polar surface area (TPSA) is 75.3 Å². The number of rotatable bonds is 3. The lowest BCUT2D eigenvalue weighted by Gasteiger charge is -1.93. The van der Waals surface area contributed by atoms with Crippen LogP contribution in [0.3, 0.4) is 0 Å². The first-order valence-electron chi connectivity index (χ1n) is 1.55. The number of hydrogen-bond acceptors (Lipinski definition) is 4. The molecule has 0 aromatic rings. The third kappa shape index (κ3) is 2.72. The van der Waals surface area contributed by atoms with Crippen molar-refractivity contribution in [2.24, 2.45) is 0 Å². The van der Waals surface area contributed by atoms with Gasteiger partial charge in [0.05, 0.1) is 0 Å². The number of sulfonamides is 1. The van der Waals surface area contributed by atoms with Gasteiger partial charge >= 0.3 is 0 Å². The molecule has 0 amide bonds. The Kier molecular flexibility index (Phi) is 2.66. The van der Waals surface area contributed by atoms with Crippen molar-refractivity contribution < 1.29 is 13.2 Å². The van der Waals surface area contributed by atoms with Gasteiger partial charge in [0.15, 0.2) is 0 Å². The maximum atomic E-state index is 9.98. The van der Waals surface area contributed by atoms with Crippen molar-refractivity contribution in [1.82, 2.24) is 10.2 Å². The molecule has 0 saturated heterocycles. The molecule has 0 aliphatic heterocycles. The van der Waals surface area contributed by atoms with Crippen molar-refractivity contribution in [2.45, 2.75) is 0 Å². The third-order valence-electron chi connectivity index (χ3n) is 0.328. The fourth-order valence-corrected chi connectivity index (χ4v) is 0.319. The highest BCUT2D eigenvalue weighted by Crippen LogP contribution is 1.66. The first-order chi connectivity index (χ1) is 3.62. The zero-order chi connectivity index (χ0) is 6.62. The second-order valence-electron chi connectivity index (χ2n) is 0.888. The Labute approximate surface area is 47.9 Å². The van der Waals surface area contributed by atoms with Gasteiger partial charge in [-0.15, -0.1) is 0 Å². The van der Waals surface area contributed by atoms with Gasteiger partial charge in [-0.05, 0) is 0 Å². The average molecular weight is 134 g/mol. The summed E-state index contributed by atoms with van der Waals surface area (Å²) in [5.41, 5.74) is -0.257. The van der Waals surface area contributed by atoms with Gasteiger partial charge in [-0.1, -0.05) is 0 Å². The van der Waals surface area contributed by atoms with Gasteiger partial charge in [-0.3, -0.25) is 10.1 Å². The number of carbonyl (C=O) groups is 1. The van der Waals surface area contributed by atoms with Crippen LogP contribution in [-0.2, 0) is 14.8 Å². The van der Waals surface area contributed by atoms with E-state index in [1.165, 1.54) is 4.83 Å². The summed E-state index contributed by atoms with van der Waals surface area (Å²) in [6, 6.07) is 0. The SMILES string of the molecule is [B]NNS(=O)(=O)C=O. The summed E-state index contributed by atoms with van der Waals surface area (Å²) in [6.45, 7) is 0. The van der Waals surface area contributed by atoms with Crippen LogP contribution < -0.4 is 10.2 Å². The highest BCUT2D eigenvalue weighted by Gasteiger charge is 2.01. The van der Waals surface area contributed by atoms with Crippen molar-refractivity contribution in [1.29, 1.82) is 0 Å². The van der Waals surface area contributed by atoms with E-state index < -0.39 is 10.0 Å². The van der Waals surface area contributed by atoms with Crippen molar-refractivity contribution in [3.8, 4) is 0 Å². The van der Waals surface area contributed by atoms with Crippen LogP contribution in [0.15, 0.2) is 0 Å². The van der Waals surface area contributed by atoms with Gasteiger partial charge in [-0.25, -0.2) is 8.42 Å². The molecule has 0 heterocycles. The maximum absolute atomic E-state index is 9.98. The summed E-state index contributed by atoms with van der Waals surface area (Å²) >= 11 is 0. The van der Waals surface area contributed by atoms with E-state index in [0.717, 1.165) is 0 Å². The fourth-order valence-electron chi connectivity index (χ4n) is 0.106. The minimum Gasteiger partial charge on any atom is -0.297 e. The van der Waals surface area contributed by atoms with Gasteiger partial charge in [-0.2, -0.15) is 4.83 Å². The normalized spacial score (nSPS) is 11.0. The Morgan fingerprint density at radius 1 is 1.50 bits per heavy atom. The van der Waals surface area contributed by atoms with E-state index in [1.54, 1.807) is 5.34 Å². The van der Waals surface area contributed by atoms with E-state index in [4.69, 9.17) is 0 Å². The molecule has 2 radical (unpaired) electrons. The molecule has 7 heteroatoms. The molecular weight excluding hydrogens is 131 g/mol. The maximum Gasteiger partial charge on any atom is 0.283 e. The average Bonchev–Trinajstić information content (AvgIpc) is 1.67. The van der Waals surface area contributed by atoms with Gasteiger partial charge in [0.2, 0.25) is 13.6 Å². The van der Waals surface area contributed by atoms with Crippen molar-refractivity contribution in [2.75, 3.05) is 0 Å². The van der Waals surface area contributed by atoms with Crippen LogP contribution in [0.25, 0.3) is 0 Å². The molecule has 44 valence electrons. The minimum absolute atomic E-state index is 0.257.